The van der Waals surface area contributed by atoms with Gasteiger partial charge in [0.15, 0.2) is 0 Å². The van der Waals surface area contributed by atoms with Gasteiger partial charge < -0.3 is 0 Å². The Bertz CT molecular complexity index is 115. The SMILES string of the molecule is CC1C2=NC1C2. The van der Waals surface area contributed by atoms with Crippen LogP contribution in [0.15, 0.2) is 4.99 Å². The maximum atomic E-state index is 4.16. The highest BCUT2D eigenvalue weighted by atomic mass is 15.0. The summed E-state index contributed by atoms with van der Waals surface area (Å²) in [5, 5.41) is 0. The van der Waals surface area contributed by atoms with Crippen molar-refractivity contribution in [2.75, 3.05) is 0 Å². The van der Waals surface area contributed by atoms with Crippen molar-refractivity contribution in [1.82, 2.24) is 0 Å². The molecular formula is C5H7N. The van der Waals surface area contributed by atoms with E-state index in [0.717, 1.165) is 12.0 Å². The lowest BCUT2D eigenvalue weighted by molar-refractivity contribution is 0.419. The minimum Gasteiger partial charge on any atom is -0.289 e. The fourth-order valence-electron chi connectivity index (χ4n) is 0.985. The third kappa shape index (κ3) is 0.107. The zero-order valence-electron chi connectivity index (χ0n) is 3.81. The van der Waals surface area contributed by atoms with E-state index in [2.05, 4.69) is 11.9 Å². The molecule has 3 rings (SSSR count). The molecule has 0 saturated heterocycles. The summed E-state index contributed by atoms with van der Waals surface area (Å²) in [5.41, 5.74) is 1.46. The molecule has 0 spiro atoms. The lowest BCUT2D eigenvalue weighted by atomic mass is 9.72. The minimum atomic E-state index is 0.764. The van der Waals surface area contributed by atoms with E-state index in [1.165, 1.54) is 12.1 Å². The van der Waals surface area contributed by atoms with Gasteiger partial charge in [-0.2, -0.15) is 0 Å². The molecule has 0 aromatic carbocycles. The maximum absolute atomic E-state index is 4.16. The zero-order chi connectivity index (χ0) is 4.15. The molecule has 0 aromatic heterocycles. The Morgan fingerprint density at radius 3 is 2.17 bits per heavy atom. The van der Waals surface area contributed by atoms with E-state index in [0.29, 0.717) is 0 Å². The monoisotopic (exact) mass is 81.1 g/mol. The highest BCUT2D eigenvalue weighted by molar-refractivity contribution is 6.00. The second-order valence-electron chi connectivity index (χ2n) is 2.18. The molecule has 1 saturated carbocycles. The first-order chi connectivity index (χ1) is 2.88. The lowest BCUT2D eigenvalue weighted by Gasteiger charge is -2.44. The van der Waals surface area contributed by atoms with Crippen LogP contribution in [0.1, 0.15) is 13.3 Å². The minimum absolute atomic E-state index is 0.764. The molecule has 0 N–H and O–H groups in total. The summed E-state index contributed by atoms with van der Waals surface area (Å²) in [6, 6.07) is 0.764. The predicted octanol–water partition coefficient (Wildman–Crippen LogP) is 0.849. The maximum Gasteiger partial charge on any atom is 0.0628 e. The van der Waals surface area contributed by atoms with Crippen molar-refractivity contribution in [3.05, 3.63) is 0 Å². The molecule has 0 radical (unpaired) electrons. The molecule has 2 bridgehead atoms. The summed E-state index contributed by atoms with van der Waals surface area (Å²) < 4.78 is 0. The Morgan fingerprint density at radius 1 is 1.83 bits per heavy atom. The quantitative estimate of drug-likeness (QED) is 0.410. The highest BCUT2D eigenvalue weighted by Gasteiger charge is 2.42. The largest absolute Gasteiger partial charge is 0.289 e. The third-order valence-corrected chi connectivity index (χ3v) is 1.85. The van der Waals surface area contributed by atoms with Crippen LogP contribution in [-0.4, -0.2) is 11.8 Å². The van der Waals surface area contributed by atoms with Crippen molar-refractivity contribution >= 4 is 5.71 Å². The average molecular weight is 81.1 g/mol. The van der Waals surface area contributed by atoms with Crippen LogP contribution in [0.2, 0.25) is 0 Å². The number of hydrogen-bond donors (Lipinski definition) is 0. The summed E-state index contributed by atoms with van der Waals surface area (Å²) in [6.07, 6.45) is 1.32. The second-order valence-corrected chi connectivity index (χ2v) is 2.18. The molecule has 6 heavy (non-hydrogen) atoms. The summed E-state index contributed by atoms with van der Waals surface area (Å²) >= 11 is 0. The molecule has 0 amide bonds. The van der Waals surface area contributed by atoms with Crippen LogP contribution in [-0.2, 0) is 0 Å². The van der Waals surface area contributed by atoms with Crippen LogP contribution in [0.5, 0.6) is 0 Å². The van der Waals surface area contributed by atoms with Gasteiger partial charge in [-0.1, -0.05) is 6.92 Å². The fourth-order valence-corrected chi connectivity index (χ4v) is 0.985. The van der Waals surface area contributed by atoms with Gasteiger partial charge in [-0.05, 0) is 0 Å². The third-order valence-electron chi connectivity index (χ3n) is 1.85. The fraction of sp³-hybridized carbons (Fsp3) is 0.800. The molecule has 32 valence electrons. The average Bonchev–Trinajstić information content (AvgIpc) is 1.28. The Morgan fingerprint density at radius 2 is 2.17 bits per heavy atom. The highest BCUT2D eigenvalue weighted by Crippen LogP contribution is 2.37. The molecule has 2 heterocycles. The van der Waals surface area contributed by atoms with Crippen molar-refractivity contribution in [2.45, 2.75) is 19.4 Å². The van der Waals surface area contributed by atoms with Gasteiger partial charge in [-0.25, -0.2) is 0 Å². The van der Waals surface area contributed by atoms with Gasteiger partial charge in [0.1, 0.15) is 0 Å². The van der Waals surface area contributed by atoms with Gasteiger partial charge >= 0.3 is 0 Å². The Balaban J connectivity index is 2.36. The summed E-state index contributed by atoms with van der Waals surface area (Å²) in [4.78, 5) is 4.16. The number of nitrogens with zero attached hydrogens (tertiary/aromatic N) is 1. The van der Waals surface area contributed by atoms with Crippen molar-refractivity contribution in [3.8, 4) is 0 Å². The van der Waals surface area contributed by atoms with E-state index in [9.17, 15) is 0 Å². The predicted molar refractivity (Wildman–Crippen MR) is 25.0 cm³/mol. The van der Waals surface area contributed by atoms with Crippen LogP contribution in [0.25, 0.3) is 0 Å². The van der Waals surface area contributed by atoms with Crippen molar-refractivity contribution in [2.24, 2.45) is 10.9 Å². The van der Waals surface area contributed by atoms with E-state index >= 15 is 0 Å². The molecule has 1 aliphatic carbocycles. The topological polar surface area (TPSA) is 12.4 Å². The standard InChI is InChI=1S/C5H7N/c1-3-4-2-5(3)6-4/h3-4H,2H2,1H3. The van der Waals surface area contributed by atoms with Crippen molar-refractivity contribution in [3.63, 3.8) is 0 Å². The Hall–Kier alpha value is -0.330. The Labute approximate surface area is 37.1 Å². The lowest BCUT2D eigenvalue weighted by Crippen LogP contribution is -2.49. The first kappa shape index (κ1) is 2.78. The first-order valence-electron chi connectivity index (χ1n) is 2.44. The van der Waals surface area contributed by atoms with Gasteiger partial charge in [0, 0.05) is 18.1 Å². The number of rotatable bonds is 0. The molecule has 2 aliphatic heterocycles. The summed E-state index contributed by atoms with van der Waals surface area (Å²) in [6.45, 7) is 2.25. The first-order valence-corrected chi connectivity index (χ1v) is 2.44. The van der Waals surface area contributed by atoms with Gasteiger partial charge in [0.05, 0.1) is 6.04 Å². The molecular weight excluding hydrogens is 74.1 g/mol. The van der Waals surface area contributed by atoms with Gasteiger partial charge in [-0.15, -0.1) is 0 Å². The van der Waals surface area contributed by atoms with Gasteiger partial charge in [0.25, 0.3) is 0 Å². The smallest absolute Gasteiger partial charge is 0.0628 e. The van der Waals surface area contributed by atoms with E-state index < -0.39 is 0 Å². The summed E-state index contributed by atoms with van der Waals surface area (Å²) in [5.74, 6) is 0.880. The van der Waals surface area contributed by atoms with Crippen LogP contribution in [0.3, 0.4) is 0 Å². The van der Waals surface area contributed by atoms with E-state index in [1.54, 1.807) is 0 Å². The van der Waals surface area contributed by atoms with Crippen molar-refractivity contribution < 1.29 is 0 Å². The molecule has 1 fully saturated rings. The Kier molecular flexibility index (Phi) is 0.256. The summed E-state index contributed by atoms with van der Waals surface area (Å²) in [7, 11) is 0. The second kappa shape index (κ2) is 0.552. The molecule has 2 unspecified atom stereocenters. The van der Waals surface area contributed by atoms with Gasteiger partial charge in [-0.3, -0.25) is 4.99 Å². The molecule has 0 aromatic rings. The van der Waals surface area contributed by atoms with Crippen LogP contribution in [0, 0.1) is 5.92 Å². The van der Waals surface area contributed by atoms with Crippen molar-refractivity contribution in [1.29, 1.82) is 0 Å². The number of aliphatic imine (C=N–C) groups is 1. The normalized spacial score (nSPS) is 49.2. The van der Waals surface area contributed by atoms with Crippen LogP contribution >= 0.6 is 0 Å². The van der Waals surface area contributed by atoms with E-state index in [-0.39, 0.29) is 0 Å². The van der Waals surface area contributed by atoms with E-state index in [4.69, 9.17) is 0 Å². The molecule has 1 nitrogen and oxygen atoms in total. The molecule has 1 heteroatoms. The van der Waals surface area contributed by atoms with Gasteiger partial charge in [0.2, 0.25) is 0 Å². The number of hydrogen-bond acceptors (Lipinski definition) is 1. The molecule has 2 atom stereocenters. The van der Waals surface area contributed by atoms with Crippen LogP contribution in [0.4, 0.5) is 0 Å². The zero-order valence-corrected chi connectivity index (χ0v) is 3.81. The van der Waals surface area contributed by atoms with E-state index in [1.807, 2.05) is 0 Å². The van der Waals surface area contributed by atoms with Crippen LogP contribution < -0.4 is 0 Å². The molecule has 3 aliphatic rings.